The lowest BCUT2D eigenvalue weighted by atomic mass is 9.72. The van der Waals surface area contributed by atoms with E-state index < -0.39 is 101 Å². The Morgan fingerprint density at radius 3 is 1.84 bits per heavy atom. The Hall–Kier alpha value is -5.73. The largest absolute Gasteiger partial charge is 0.458 e. The summed E-state index contributed by atoms with van der Waals surface area (Å²) >= 11 is 0. The summed E-state index contributed by atoms with van der Waals surface area (Å²) in [5, 5.41) is 0. The molecular weight excluding hydrogens is 716 g/mol. The predicted octanol–water partition coefficient (Wildman–Crippen LogP) is 4.48. The molecule has 55 heavy (non-hydrogen) atoms. The van der Waals surface area contributed by atoms with E-state index in [9.17, 15) is 28.8 Å². The van der Waals surface area contributed by atoms with Crippen molar-refractivity contribution in [2.75, 3.05) is 0 Å². The van der Waals surface area contributed by atoms with Gasteiger partial charge in [-0.05, 0) is 31.2 Å². The first-order chi connectivity index (χ1) is 25.7. The highest BCUT2D eigenvalue weighted by Crippen LogP contribution is 2.54. The third-order valence-corrected chi connectivity index (χ3v) is 9.68. The first kappa shape index (κ1) is 42.0. The molecule has 2 aromatic rings. The maximum absolute atomic E-state index is 15.1. The van der Waals surface area contributed by atoms with Gasteiger partial charge in [0, 0.05) is 82.2 Å². The van der Waals surface area contributed by atoms with Crippen LogP contribution in [0.1, 0.15) is 88.9 Å². The average molecular weight is 763 g/mol. The number of allylic oxidation sites excluding steroid dienone is 1. The van der Waals surface area contributed by atoms with Crippen LogP contribution in [-0.2, 0) is 52.4 Å². The molecule has 2 aliphatic rings. The summed E-state index contributed by atoms with van der Waals surface area (Å²) in [4.78, 5) is 102. The Morgan fingerprint density at radius 2 is 1.33 bits per heavy atom. The minimum absolute atomic E-state index is 0.0188. The molecule has 0 radical (unpaired) electrons. The van der Waals surface area contributed by atoms with E-state index in [2.05, 4.69) is 16.5 Å². The lowest BCUT2D eigenvalue weighted by Crippen LogP contribution is -2.57. The summed E-state index contributed by atoms with van der Waals surface area (Å²) in [7, 11) is 0. The molecule has 15 nitrogen and oxygen atoms in total. The molecule has 4 rings (SSSR count). The van der Waals surface area contributed by atoms with Gasteiger partial charge in [-0.25, -0.2) is 9.59 Å². The Kier molecular flexibility index (Phi) is 12.8. The van der Waals surface area contributed by atoms with Gasteiger partial charge in [-0.2, -0.15) is 0 Å². The quantitative estimate of drug-likeness (QED) is 0.207. The van der Waals surface area contributed by atoms with Crippen LogP contribution >= 0.6 is 0 Å². The van der Waals surface area contributed by atoms with Gasteiger partial charge in [0.1, 0.15) is 18.3 Å². The second kappa shape index (κ2) is 16.7. The number of nitrogens with zero attached hydrogens (tertiary/aromatic N) is 2. The van der Waals surface area contributed by atoms with Crippen LogP contribution in [0.3, 0.4) is 0 Å². The van der Waals surface area contributed by atoms with Gasteiger partial charge in [0.2, 0.25) is 0 Å². The van der Waals surface area contributed by atoms with Gasteiger partial charge in [-0.1, -0.05) is 39.5 Å². The summed E-state index contributed by atoms with van der Waals surface area (Å²) in [6.45, 7) is 14.9. The Bertz CT molecular complexity index is 1860. The van der Waals surface area contributed by atoms with Crippen LogP contribution in [0.5, 0.6) is 0 Å². The number of esters is 6. The van der Waals surface area contributed by atoms with Gasteiger partial charge in [0.15, 0.2) is 23.1 Å². The number of Topliss-reactive ketones (excluding diaryl/α,β-unsaturated/α-hetero) is 1. The molecule has 0 spiro atoms. The smallest absolute Gasteiger partial charge is 0.340 e. The number of ketones is 1. The fourth-order valence-electron chi connectivity index (χ4n) is 7.22. The van der Waals surface area contributed by atoms with Crippen molar-refractivity contribution in [2.45, 2.75) is 104 Å². The molecule has 15 heteroatoms. The van der Waals surface area contributed by atoms with E-state index in [1.165, 1.54) is 62.9 Å². The summed E-state index contributed by atoms with van der Waals surface area (Å²) in [6.07, 6.45) is 2.02. The molecule has 0 saturated heterocycles. The van der Waals surface area contributed by atoms with Crippen LogP contribution in [0.2, 0.25) is 0 Å². The summed E-state index contributed by atoms with van der Waals surface area (Å²) in [5.74, 6) is -8.62. The van der Waals surface area contributed by atoms with Gasteiger partial charge < -0.3 is 28.4 Å². The van der Waals surface area contributed by atoms with Crippen molar-refractivity contribution >= 4 is 41.6 Å². The van der Waals surface area contributed by atoms with Crippen molar-refractivity contribution in [2.24, 2.45) is 17.3 Å². The standard InChI is InChI=1S/C40H46N2O13/c1-22-14-15-38(7,8)31(53-36(48)28-12-10-16-41-19-28)18-30(50-24(3)43)23(2)33(51-25(4)44)32-35(52-26(5)45)39(9,21-40(32,34(22)47)54-27(6)46)55-37(49)29-13-11-17-42-20-29/h10-17,19-20,22,30-33,35H,2,18,21H2,1,3-9H3/t22-,30-,31-,32+,33+,35-,39-,40-/m0/s1. The van der Waals surface area contributed by atoms with Crippen molar-refractivity contribution < 1.29 is 62.0 Å². The zero-order chi connectivity index (χ0) is 40.9. The number of carbonyl (C=O) groups is 7. The SMILES string of the molecule is C=C1[C@@H](OC(C)=O)C[C@H](OC(=O)c2cccnc2)C(C)(C)C=C[C@H](C)C(=O)[C@]2(OC(C)=O)C[C@](C)(OC(=O)c3cccnc3)[C@@H](OC(C)=O)[C@H]2[C@@H]1OC(C)=O. The first-order valence-electron chi connectivity index (χ1n) is 17.6. The van der Waals surface area contributed by atoms with Gasteiger partial charge >= 0.3 is 35.8 Å². The maximum Gasteiger partial charge on any atom is 0.340 e. The lowest BCUT2D eigenvalue weighted by molar-refractivity contribution is -0.187. The number of aromatic nitrogens is 2. The predicted molar refractivity (Wildman–Crippen MR) is 192 cm³/mol. The first-order valence-corrected chi connectivity index (χ1v) is 17.6. The van der Waals surface area contributed by atoms with E-state index in [1.807, 2.05) is 0 Å². The van der Waals surface area contributed by atoms with Gasteiger partial charge in [0.25, 0.3) is 0 Å². The number of carbonyl (C=O) groups excluding carboxylic acids is 7. The monoisotopic (exact) mass is 762 g/mol. The molecule has 1 fully saturated rings. The van der Waals surface area contributed by atoms with E-state index in [0.29, 0.717) is 0 Å². The van der Waals surface area contributed by atoms with Crippen LogP contribution in [0.25, 0.3) is 0 Å². The molecule has 0 bridgehead atoms. The Morgan fingerprint density at radius 1 is 0.764 bits per heavy atom. The molecule has 0 N–H and O–H groups in total. The minimum Gasteiger partial charge on any atom is -0.458 e. The fourth-order valence-corrected chi connectivity index (χ4v) is 7.22. The van der Waals surface area contributed by atoms with Crippen molar-refractivity contribution in [1.82, 2.24) is 9.97 Å². The van der Waals surface area contributed by atoms with Crippen LogP contribution in [-0.4, -0.2) is 87.2 Å². The van der Waals surface area contributed by atoms with E-state index in [4.69, 9.17) is 28.4 Å². The average Bonchev–Trinajstić information content (AvgIpc) is 3.33. The van der Waals surface area contributed by atoms with E-state index in [0.717, 1.165) is 27.7 Å². The van der Waals surface area contributed by atoms with Crippen molar-refractivity contribution in [3.8, 4) is 0 Å². The Balaban J connectivity index is 2.02. The van der Waals surface area contributed by atoms with E-state index in [-0.39, 0.29) is 23.1 Å². The van der Waals surface area contributed by atoms with Crippen molar-refractivity contribution in [3.05, 3.63) is 84.5 Å². The Labute approximate surface area is 318 Å². The van der Waals surface area contributed by atoms with Crippen LogP contribution < -0.4 is 0 Å². The molecule has 0 aromatic carbocycles. The molecule has 2 aliphatic carbocycles. The molecule has 294 valence electrons. The summed E-state index contributed by atoms with van der Waals surface area (Å²) in [5.41, 5.74) is -5.31. The highest BCUT2D eigenvalue weighted by atomic mass is 16.6. The number of hydrogen-bond donors (Lipinski definition) is 0. The second-order valence-electron chi connectivity index (χ2n) is 14.6. The molecular formula is C40H46N2O13. The van der Waals surface area contributed by atoms with Crippen LogP contribution in [0, 0.1) is 17.3 Å². The minimum atomic E-state index is -2.32. The third-order valence-electron chi connectivity index (χ3n) is 9.68. The topological polar surface area (TPSA) is 201 Å². The number of fused-ring (bicyclic) bond motifs is 1. The number of pyridine rings is 2. The molecule has 8 atom stereocenters. The molecule has 2 aromatic heterocycles. The van der Waals surface area contributed by atoms with E-state index >= 15 is 4.79 Å². The number of hydrogen-bond acceptors (Lipinski definition) is 15. The molecule has 0 unspecified atom stereocenters. The zero-order valence-electron chi connectivity index (χ0n) is 32.1. The van der Waals surface area contributed by atoms with Gasteiger partial charge in [-0.3, -0.25) is 33.9 Å². The highest BCUT2D eigenvalue weighted by Gasteiger charge is 2.71. The fraction of sp³-hybridized carbons (Fsp3) is 0.475. The normalized spacial score (nSPS) is 28.9. The third kappa shape index (κ3) is 9.51. The molecule has 0 aliphatic heterocycles. The number of rotatable bonds is 8. The summed E-state index contributed by atoms with van der Waals surface area (Å²) in [6, 6.07) is 6.00. The maximum atomic E-state index is 15.1. The van der Waals surface area contributed by atoms with Gasteiger partial charge in [0.05, 0.1) is 17.0 Å². The highest BCUT2D eigenvalue weighted by molar-refractivity contribution is 5.94. The zero-order valence-corrected chi connectivity index (χ0v) is 32.1. The molecule has 2 heterocycles. The summed E-state index contributed by atoms with van der Waals surface area (Å²) < 4.78 is 35.6. The van der Waals surface area contributed by atoms with E-state index in [1.54, 1.807) is 26.0 Å². The van der Waals surface area contributed by atoms with Gasteiger partial charge in [-0.15, -0.1) is 0 Å². The molecule has 0 amide bonds. The lowest BCUT2D eigenvalue weighted by Gasteiger charge is -2.42. The van der Waals surface area contributed by atoms with Crippen LogP contribution in [0.4, 0.5) is 0 Å². The van der Waals surface area contributed by atoms with Crippen molar-refractivity contribution in [3.63, 3.8) is 0 Å². The second-order valence-corrected chi connectivity index (χ2v) is 14.6. The van der Waals surface area contributed by atoms with Crippen molar-refractivity contribution in [1.29, 1.82) is 0 Å². The molecule has 1 saturated carbocycles. The van der Waals surface area contributed by atoms with Crippen LogP contribution in [0.15, 0.2) is 73.4 Å². The number of ether oxygens (including phenoxy) is 6.